The van der Waals surface area contributed by atoms with Gasteiger partial charge in [0.25, 0.3) is 0 Å². The third-order valence-corrected chi connectivity index (χ3v) is 3.60. The van der Waals surface area contributed by atoms with Crippen LogP contribution in [0.25, 0.3) is 0 Å². The fourth-order valence-electron chi connectivity index (χ4n) is 2.43. The highest BCUT2D eigenvalue weighted by Gasteiger charge is 2.25. The fraction of sp³-hybridized carbons (Fsp3) is 0.538. The second-order valence-electron chi connectivity index (χ2n) is 4.91. The minimum atomic E-state index is 0.0797. The standard InChI is InChI=1S/C13H20N4O/c14-8-9-1-3-10(4-2-9)13(18)17-11-5-6-16-12(15)7-11/h5-7,9-10H,1-4,8,14H2,(H3,15,16,17,18)/t9-,10-. The van der Waals surface area contributed by atoms with Crippen LogP contribution in [0.4, 0.5) is 11.5 Å². The molecule has 0 radical (unpaired) electrons. The van der Waals surface area contributed by atoms with Gasteiger partial charge in [-0.05, 0) is 44.2 Å². The summed E-state index contributed by atoms with van der Waals surface area (Å²) in [6, 6.07) is 3.42. The predicted octanol–water partition coefficient (Wildman–Crippen LogP) is 1.37. The molecule has 0 unspecified atom stereocenters. The number of nitrogens with two attached hydrogens (primary N) is 2. The molecule has 5 heteroatoms. The molecule has 0 bridgehead atoms. The van der Waals surface area contributed by atoms with Crippen molar-refractivity contribution in [3.05, 3.63) is 18.3 Å². The van der Waals surface area contributed by atoms with Crippen LogP contribution in [0, 0.1) is 11.8 Å². The Morgan fingerprint density at radius 3 is 2.72 bits per heavy atom. The van der Waals surface area contributed by atoms with Crippen LogP contribution >= 0.6 is 0 Å². The SMILES string of the molecule is NC[C@H]1CC[C@H](C(=O)Nc2ccnc(N)c2)CC1. The van der Waals surface area contributed by atoms with Gasteiger partial charge in [0.1, 0.15) is 5.82 Å². The van der Waals surface area contributed by atoms with Gasteiger partial charge in [0.2, 0.25) is 5.91 Å². The maximum atomic E-state index is 12.1. The van der Waals surface area contributed by atoms with Gasteiger partial charge in [-0.2, -0.15) is 0 Å². The summed E-state index contributed by atoms with van der Waals surface area (Å²) < 4.78 is 0. The fourth-order valence-corrected chi connectivity index (χ4v) is 2.43. The number of nitrogen functional groups attached to an aromatic ring is 1. The van der Waals surface area contributed by atoms with E-state index < -0.39 is 0 Å². The van der Waals surface area contributed by atoms with E-state index in [1.807, 2.05) is 0 Å². The molecule has 0 aliphatic heterocycles. The van der Waals surface area contributed by atoms with Crippen LogP contribution in [0.5, 0.6) is 0 Å². The second kappa shape index (κ2) is 5.82. The van der Waals surface area contributed by atoms with E-state index in [4.69, 9.17) is 11.5 Å². The van der Waals surface area contributed by atoms with Crippen molar-refractivity contribution >= 4 is 17.4 Å². The van der Waals surface area contributed by atoms with E-state index in [1.165, 1.54) is 0 Å². The Morgan fingerprint density at radius 2 is 2.11 bits per heavy atom. The highest BCUT2D eigenvalue weighted by molar-refractivity contribution is 5.92. The van der Waals surface area contributed by atoms with Gasteiger partial charge < -0.3 is 16.8 Å². The van der Waals surface area contributed by atoms with E-state index in [1.54, 1.807) is 18.3 Å². The Bertz CT molecular complexity index is 413. The van der Waals surface area contributed by atoms with Gasteiger partial charge in [0.15, 0.2) is 0 Å². The molecule has 98 valence electrons. The average molecular weight is 248 g/mol. The Kier molecular flexibility index (Phi) is 4.15. The molecule has 1 saturated carbocycles. The van der Waals surface area contributed by atoms with Crippen molar-refractivity contribution in [3.8, 4) is 0 Å². The van der Waals surface area contributed by atoms with Gasteiger partial charge in [-0.3, -0.25) is 4.79 Å². The molecule has 5 nitrogen and oxygen atoms in total. The molecule has 1 fully saturated rings. The van der Waals surface area contributed by atoms with E-state index in [0.29, 0.717) is 17.4 Å². The van der Waals surface area contributed by atoms with Crippen molar-refractivity contribution in [1.29, 1.82) is 0 Å². The number of carbonyl (C=O) groups excluding carboxylic acids is 1. The first kappa shape index (κ1) is 12.8. The summed E-state index contributed by atoms with van der Waals surface area (Å²) >= 11 is 0. The van der Waals surface area contributed by atoms with Crippen molar-refractivity contribution in [2.24, 2.45) is 17.6 Å². The number of hydrogen-bond acceptors (Lipinski definition) is 4. The van der Waals surface area contributed by atoms with Crippen LogP contribution in [0.1, 0.15) is 25.7 Å². The van der Waals surface area contributed by atoms with Crippen molar-refractivity contribution in [2.45, 2.75) is 25.7 Å². The third-order valence-electron chi connectivity index (χ3n) is 3.60. The van der Waals surface area contributed by atoms with Crippen molar-refractivity contribution in [1.82, 2.24) is 4.98 Å². The smallest absolute Gasteiger partial charge is 0.227 e. The van der Waals surface area contributed by atoms with Gasteiger partial charge in [-0.15, -0.1) is 0 Å². The third kappa shape index (κ3) is 3.20. The summed E-state index contributed by atoms with van der Waals surface area (Å²) in [7, 11) is 0. The number of nitrogens with zero attached hydrogens (tertiary/aromatic N) is 1. The molecule has 0 aromatic carbocycles. The molecule has 1 heterocycles. The number of rotatable bonds is 3. The quantitative estimate of drug-likeness (QED) is 0.753. The van der Waals surface area contributed by atoms with E-state index >= 15 is 0 Å². The number of anilines is 2. The van der Waals surface area contributed by atoms with Crippen LogP contribution in [-0.4, -0.2) is 17.4 Å². The zero-order valence-corrected chi connectivity index (χ0v) is 10.4. The number of nitrogens with one attached hydrogen (secondary N) is 1. The first-order chi connectivity index (χ1) is 8.69. The number of pyridine rings is 1. The summed E-state index contributed by atoms with van der Waals surface area (Å²) in [5.41, 5.74) is 11.9. The number of aromatic nitrogens is 1. The lowest BCUT2D eigenvalue weighted by molar-refractivity contribution is -0.121. The van der Waals surface area contributed by atoms with Crippen molar-refractivity contribution < 1.29 is 4.79 Å². The Hall–Kier alpha value is -1.62. The maximum absolute atomic E-state index is 12.1. The minimum Gasteiger partial charge on any atom is -0.384 e. The van der Waals surface area contributed by atoms with E-state index in [0.717, 1.165) is 32.2 Å². The van der Waals surface area contributed by atoms with Crippen LogP contribution in [0.15, 0.2) is 18.3 Å². The van der Waals surface area contributed by atoms with Crippen LogP contribution in [-0.2, 0) is 4.79 Å². The van der Waals surface area contributed by atoms with Gasteiger partial charge in [0, 0.05) is 23.9 Å². The number of hydrogen-bond donors (Lipinski definition) is 3. The predicted molar refractivity (Wildman–Crippen MR) is 71.8 cm³/mol. The lowest BCUT2D eigenvalue weighted by atomic mass is 9.81. The summed E-state index contributed by atoms with van der Waals surface area (Å²) in [4.78, 5) is 16.0. The molecular formula is C13H20N4O. The van der Waals surface area contributed by atoms with Gasteiger partial charge in [-0.1, -0.05) is 0 Å². The maximum Gasteiger partial charge on any atom is 0.227 e. The molecule has 1 aliphatic carbocycles. The van der Waals surface area contributed by atoms with Gasteiger partial charge in [0.05, 0.1) is 0 Å². The van der Waals surface area contributed by atoms with Crippen molar-refractivity contribution in [3.63, 3.8) is 0 Å². The molecule has 1 aromatic heterocycles. The Balaban J connectivity index is 1.89. The van der Waals surface area contributed by atoms with E-state index in [-0.39, 0.29) is 11.8 Å². The molecule has 0 atom stereocenters. The number of amides is 1. The van der Waals surface area contributed by atoms with Crippen molar-refractivity contribution in [2.75, 3.05) is 17.6 Å². The molecule has 0 saturated heterocycles. The normalized spacial score (nSPS) is 23.6. The lowest BCUT2D eigenvalue weighted by Gasteiger charge is -2.26. The first-order valence-corrected chi connectivity index (χ1v) is 6.41. The zero-order chi connectivity index (χ0) is 13.0. The van der Waals surface area contributed by atoms with E-state index in [9.17, 15) is 4.79 Å². The summed E-state index contributed by atoms with van der Waals surface area (Å²) in [6.07, 6.45) is 5.54. The molecule has 18 heavy (non-hydrogen) atoms. The second-order valence-corrected chi connectivity index (χ2v) is 4.91. The molecule has 1 aliphatic rings. The molecule has 5 N–H and O–H groups in total. The summed E-state index contributed by atoms with van der Waals surface area (Å²) in [6.45, 7) is 0.731. The molecular weight excluding hydrogens is 228 g/mol. The van der Waals surface area contributed by atoms with Gasteiger partial charge in [-0.25, -0.2) is 4.98 Å². The average Bonchev–Trinajstić information content (AvgIpc) is 2.39. The largest absolute Gasteiger partial charge is 0.384 e. The molecule has 2 rings (SSSR count). The summed E-state index contributed by atoms with van der Waals surface area (Å²) in [5, 5.41) is 2.90. The van der Waals surface area contributed by atoms with Crippen LogP contribution < -0.4 is 16.8 Å². The molecule has 0 spiro atoms. The zero-order valence-electron chi connectivity index (χ0n) is 10.4. The monoisotopic (exact) mass is 248 g/mol. The highest BCUT2D eigenvalue weighted by Crippen LogP contribution is 2.29. The topological polar surface area (TPSA) is 94.0 Å². The lowest BCUT2D eigenvalue weighted by Crippen LogP contribution is -2.29. The summed E-state index contributed by atoms with van der Waals surface area (Å²) in [5.74, 6) is 1.18. The highest BCUT2D eigenvalue weighted by atomic mass is 16.1. The van der Waals surface area contributed by atoms with E-state index in [2.05, 4.69) is 10.3 Å². The Labute approximate surface area is 107 Å². The van der Waals surface area contributed by atoms with Crippen LogP contribution in [0.3, 0.4) is 0 Å². The Morgan fingerprint density at radius 1 is 1.39 bits per heavy atom. The minimum absolute atomic E-state index is 0.0797. The molecule has 1 amide bonds. The molecule has 1 aromatic rings. The van der Waals surface area contributed by atoms with Crippen LogP contribution in [0.2, 0.25) is 0 Å². The van der Waals surface area contributed by atoms with Gasteiger partial charge >= 0.3 is 0 Å². The first-order valence-electron chi connectivity index (χ1n) is 6.41. The number of carbonyl (C=O) groups is 1.